The number of carbonyl (C=O) groups excluding carboxylic acids is 2. The van der Waals surface area contributed by atoms with Gasteiger partial charge in [0.2, 0.25) is 11.8 Å². The molecule has 1 atom stereocenters. The molecule has 44 heavy (non-hydrogen) atoms. The molecule has 0 saturated heterocycles. The highest BCUT2D eigenvalue weighted by molar-refractivity contribution is 7.92. The van der Waals surface area contributed by atoms with E-state index in [1.165, 1.54) is 23.1 Å². The minimum Gasteiger partial charge on any atom is -0.354 e. The Hall–Kier alpha value is -3.56. The monoisotopic (exact) mass is 671 g/mol. The van der Waals surface area contributed by atoms with E-state index in [2.05, 4.69) is 5.32 Å². The molecule has 230 valence electrons. The van der Waals surface area contributed by atoms with Gasteiger partial charge in [0.1, 0.15) is 12.6 Å². The Morgan fingerprint density at radius 2 is 1.45 bits per heavy atom. The summed E-state index contributed by atoms with van der Waals surface area (Å²) >= 11 is 19.2. The molecule has 0 aliphatic carbocycles. The molecule has 0 aliphatic rings. The molecule has 0 fully saturated rings. The summed E-state index contributed by atoms with van der Waals surface area (Å²) in [4.78, 5) is 29.5. The quantitative estimate of drug-likeness (QED) is 0.166. The molecular formula is C33H32Cl3N3O4S. The molecule has 0 unspecified atom stereocenters. The summed E-state index contributed by atoms with van der Waals surface area (Å²) in [6, 6.07) is 27.4. The number of hydrogen-bond acceptors (Lipinski definition) is 4. The molecule has 0 heterocycles. The first-order valence-corrected chi connectivity index (χ1v) is 16.6. The topological polar surface area (TPSA) is 86.8 Å². The number of hydrogen-bond donors (Lipinski definition) is 1. The summed E-state index contributed by atoms with van der Waals surface area (Å²) in [6.07, 6.45) is 0.876. The number of anilines is 1. The molecule has 0 aliphatic heterocycles. The van der Waals surface area contributed by atoms with Gasteiger partial charge in [-0.25, -0.2) is 8.42 Å². The standard InChI is InChI=1S/C33H32Cl3N3O4S/c1-2-19-37-33(41)31(20-24-11-5-3-6-12-24)38(22-25-17-18-26(34)21-29(25)36)32(40)23-39(30-16-10-9-15-28(30)35)44(42,43)27-13-7-4-8-14-27/h3-18,21,31H,2,19-20,22-23H2,1H3,(H,37,41)/t31-/m0/s1. The van der Waals surface area contributed by atoms with Crippen molar-refractivity contribution in [3.05, 3.63) is 129 Å². The Bertz CT molecular complexity index is 1690. The van der Waals surface area contributed by atoms with Gasteiger partial charge in [-0.2, -0.15) is 0 Å². The van der Waals surface area contributed by atoms with Gasteiger partial charge >= 0.3 is 0 Å². The van der Waals surface area contributed by atoms with Gasteiger partial charge < -0.3 is 10.2 Å². The van der Waals surface area contributed by atoms with Gasteiger partial charge in [-0.05, 0) is 53.9 Å². The largest absolute Gasteiger partial charge is 0.354 e. The Balaban J connectivity index is 1.82. The van der Waals surface area contributed by atoms with Crippen molar-refractivity contribution in [3.63, 3.8) is 0 Å². The van der Waals surface area contributed by atoms with E-state index in [-0.39, 0.29) is 34.5 Å². The van der Waals surface area contributed by atoms with E-state index in [0.29, 0.717) is 28.6 Å². The number of carbonyl (C=O) groups is 2. The summed E-state index contributed by atoms with van der Waals surface area (Å²) in [7, 11) is -4.25. The zero-order valence-corrected chi connectivity index (χ0v) is 27.1. The lowest BCUT2D eigenvalue weighted by atomic mass is 10.0. The number of nitrogens with zero attached hydrogens (tertiary/aromatic N) is 2. The zero-order chi connectivity index (χ0) is 31.7. The number of sulfonamides is 1. The molecule has 0 saturated carbocycles. The van der Waals surface area contributed by atoms with Gasteiger partial charge in [0.25, 0.3) is 10.0 Å². The maximum Gasteiger partial charge on any atom is 0.264 e. The van der Waals surface area contributed by atoms with Crippen molar-refractivity contribution in [2.45, 2.75) is 37.2 Å². The lowest BCUT2D eigenvalue weighted by molar-refractivity contribution is -0.140. The molecule has 0 aromatic heterocycles. The second-order valence-corrected chi connectivity index (χ2v) is 13.1. The van der Waals surface area contributed by atoms with Crippen molar-refractivity contribution >= 4 is 62.3 Å². The van der Waals surface area contributed by atoms with Gasteiger partial charge in [-0.1, -0.05) is 108 Å². The maximum atomic E-state index is 14.4. The zero-order valence-electron chi connectivity index (χ0n) is 24.0. The fourth-order valence-electron chi connectivity index (χ4n) is 4.64. The summed E-state index contributed by atoms with van der Waals surface area (Å²) in [5.41, 5.74) is 1.50. The Morgan fingerprint density at radius 1 is 0.818 bits per heavy atom. The average molecular weight is 673 g/mol. The van der Waals surface area contributed by atoms with Crippen molar-refractivity contribution in [2.75, 3.05) is 17.4 Å². The predicted molar refractivity (Wildman–Crippen MR) is 177 cm³/mol. The van der Waals surface area contributed by atoms with E-state index >= 15 is 0 Å². The van der Waals surface area contributed by atoms with Crippen LogP contribution in [-0.2, 0) is 32.6 Å². The summed E-state index contributed by atoms with van der Waals surface area (Å²) in [5, 5.41) is 3.78. The Morgan fingerprint density at radius 3 is 2.09 bits per heavy atom. The Kier molecular flexibility index (Phi) is 11.7. The third-order valence-electron chi connectivity index (χ3n) is 6.91. The average Bonchev–Trinajstić information content (AvgIpc) is 3.02. The van der Waals surface area contributed by atoms with Crippen molar-refractivity contribution in [2.24, 2.45) is 0 Å². The lowest BCUT2D eigenvalue weighted by Gasteiger charge is -2.34. The molecule has 4 rings (SSSR count). The van der Waals surface area contributed by atoms with Gasteiger partial charge in [-0.3, -0.25) is 13.9 Å². The van der Waals surface area contributed by atoms with E-state index in [4.69, 9.17) is 34.8 Å². The SMILES string of the molecule is CCCNC(=O)[C@H](Cc1ccccc1)N(Cc1ccc(Cl)cc1Cl)C(=O)CN(c1ccccc1Cl)S(=O)(=O)c1ccccc1. The van der Waals surface area contributed by atoms with Crippen LogP contribution in [0.25, 0.3) is 0 Å². The smallest absolute Gasteiger partial charge is 0.264 e. The predicted octanol–water partition coefficient (Wildman–Crippen LogP) is 7.01. The highest BCUT2D eigenvalue weighted by Crippen LogP contribution is 2.31. The number of amides is 2. The number of nitrogens with one attached hydrogen (secondary N) is 1. The van der Waals surface area contributed by atoms with Gasteiger partial charge in [-0.15, -0.1) is 0 Å². The molecule has 4 aromatic carbocycles. The van der Waals surface area contributed by atoms with Crippen molar-refractivity contribution in [3.8, 4) is 0 Å². The van der Waals surface area contributed by atoms with Crippen molar-refractivity contribution in [1.82, 2.24) is 10.2 Å². The Labute approximate surface area is 273 Å². The van der Waals surface area contributed by atoms with Crippen LogP contribution in [0, 0.1) is 0 Å². The first kappa shape index (κ1) is 33.3. The number of rotatable bonds is 13. The summed E-state index contributed by atoms with van der Waals surface area (Å²) < 4.78 is 29.0. The second-order valence-electron chi connectivity index (χ2n) is 10.0. The minimum atomic E-state index is -4.25. The van der Waals surface area contributed by atoms with Gasteiger partial charge in [0, 0.05) is 29.6 Å². The van der Waals surface area contributed by atoms with Crippen LogP contribution < -0.4 is 9.62 Å². The lowest BCUT2D eigenvalue weighted by Crippen LogP contribution is -2.53. The van der Waals surface area contributed by atoms with E-state index in [1.54, 1.807) is 54.6 Å². The normalized spacial score (nSPS) is 11.9. The van der Waals surface area contributed by atoms with Crippen LogP contribution in [0.5, 0.6) is 0 Å². The molecule has 4 aromatic rings. The fraction of sp³-hybridized carbons (Fsp3) is 0.212. The van der Waals surface area contributed by atoms with Crippen molar-refractivity contribution < 1.29 is 18.0 Å². The summed E-state index contributed by atoms with van der Waals surface area (Å²) in [5.74, 6) is -0.993. The van der Waals surface area contributed by atoms with Crippen LogP contribution in [0.3, 0.4) is 0 Å². The van der Waals surface area contributed by atoms with Crippen LogP contribution in [0.4, 0.5) is 5.69 Å². The second kappa shape index (κ2) is 15.4. The van der Waals surface area contributed by atoms with Crippen LogP contribution in [0.1, 0.15) is 24.5 Å². The minimum absolute atomic E-state index is 0.0125. The van der Waals surface area contributed by atoms with Crippen molar-refractivity contribution in [1.29, 1.82) is 0 Å². The first-order chi connectivity index (χ1) is 21.1. The number of halogens is 3. The molecule has 0 spiro atoms. The third-order valence-corrected chi connectivity index (χ3v) is 9.59. The first-order valence-electron chi connectivity index (χ1n) is 14.0. The van der Waals surface area contributed by atoms with E-state index in [9.17, 15) is 18.0 Å². The molecule has 1 N–H and O–H groups in total. The fourth-order valence-corrected chi connectivity index (χ4v) is 6.85. The molecule has 0 bridgehead atoms. The number of para-hydroxylation sites is 1. The third kappa shape index (κ3) is 8.33. The van der Waals surface area contributed by atoms with Crippen LogP contribution in [-0.4, -0.2) is 44.3 Å². The van der Waals surface area contributed by atoms with Gasteiger partial charge in [0.05, 0.1) is 15.6 Å². The molecule has 0 radical (unpaired) electrons. The van der Waals surface area contributed by atoms with Crippen LogP contribution >= 0.6 is 34.8 Å². The highest BCUT2D eigenvalue weighted by atomic mass is 35.5. The maximum absolute atomic E-state index is 14.4. The van der Waals surface area contributed by atoms with Crippen LogP contribution in [0.2, 0.25) is 15.1 Å². The van der Waals surface area contributed by atoms with Gasteiger partial charge in [0.15, 0.2) is 0 Å². The van der Waals surface area contributed by atoms with Crippen LogP contribution in [0.15, 0.2) is 108 Å². The number of benzene rings is 4. The van der Waals surface area contributed by atoms with E-state index in [1.807, 2.05) is 37.3 Å². The molecular weight excluding hydrogens is 641 g/mol. The molecule has 2 amide bonds. The highest BCUT2D eigenvalue weighted by Gasteiger charge is 2.35. The van der Waals surface area contributed by atoms with E-state index < -0.39 is 28.5 Å². The molecule has 11 heteroatoms. The van der Waals surface area contributed by atoms with E-state index in [0.717, 1.165) is 9.87 Å². The summed E-state index contributed by atoms with van der Waals surface area (Å²) in [6.45, 7) is 1.63. The molecule has 7 nitrogen and oxygen atoms in total.